The molecule has 0 aliphatic heterocycles. The van der Waals surface area contributed by atoms with Crippen LogP contribution in [0, 0.1) is 0 Å². The normalized spacial score (nSPS) is 12.0. The van der Waals surface area contributed by atoms with Crippen molar-refractivity contribution >= 4 is 51.0 Å². The summed E-state index contributed by atoms with van der Waals surface area (Å²) in [6.07, 6.45) is 0. The molecule has 1 aromatic heterocycles. The summed E-state index contributed by atoms with van der Waals surface area (Å²) in [5, 5.41) is 10.6. The van der Waals surface area contributed by atoms with Gasteiger partial charge in [-0.1, -0.05) is 50.0 Å². The van der Waals surface area contributed by atoms with Crippen LogP contribution in [0.4, 0.5) is 0 Å². The fourth-order valence-corrected chi connectivity index (χ4v) is 3.38. The molecule has 3 rings (SSSR count). The Morgan fingerprint density at radius 2 is 1.76 bits per heavy atom. The minimum atomic E-state index is -1.02. The lowest BCUT2D eigenvalue weighted by Gasteiger charge is -2.21. The quantitative estimate of drug-likeness (QED) is 0.649. The molecule has 0 bridgehead atoms. The summed E-state index contributed by atoms with van der Waals surface area (Å²) in [6, 6.07) is 8.64. The first-order valence-electron chi connectivity index (χ1n) is 7.78. The summed E-state index contributed by atoms with van der Waals surface area (Å²) in [4.78, 5) is 24.3. The van der Waals surface area contributed by atoms with Crippen LogP contribution in [0.3, 0.4) is 0 Å². The van der Waals surface area contributed by atoms with Crippen LogP contribution in [-0.4, -0.2) is 15.6 Å². The summed E-state index contributed by atoms with van der Waals surface area (Å²) in [5.41, 5.74) is 1.55. The fraction of sp³-hybridized carbons (Fsp3) is 0.263. The standard InChI is InChI=1S/C19H17Cl2NO3/c1-19(2,3)10-4-5-11-14(8-10)22(9-15(23)24)17-12(18(11)25)6-7-13(20)16(17)21/h4-8H,9H2,1-3H3,(H,23,24). The SMILES string of the molecule is CC(C)(C)c1ccc2c(=O)c3ccc(Cl)c(Cl)c3n(CC(=O)O)c2c1. The summed E-state index contributed by atoms with van der Waals surface area (Å²) in [6.45, 7) is 5.84. The van der Waals surface area contributed by atoms with E-state index < -0.39 is 5.97 Å². The molecule has 0 radical (unpaired) electrons. The summed E-state index contributed by atoms with van der Waals surface area (Å²) in [5.74, 6) is -1.02. The third kappa shape index (κ3) is 3.00. The number of halogens is 2. The van der Waals surface area contributed by atoms with Crippen molar-refractivity contribution in [2.75, 3.05) is 0 Å². The van der Waals surface area contributed by atoms with Gasteiger partial charge in [0.2, 0.25) is 0 Å². The third-order valence-corrected chi connectivity index (χ3v) is 5.07. The fourth-order valence-electron chi connectivity index (χ4n) is 2.97. The average molecular weight is 378 g/mol. The minimum Gasteiger partial charge on any atom is -0.480 e. The van der Waals surface area contributed by atoms with Crippen molar-refractivity contribution in [3.63, 3.8) is 0 Å². The van der Waals surface area contributed by atoms with E-state index in [0.29, 0.717) is 21.8 Å². The maximum Gasteiger partial charge on any atom is 0.323 e. The molecule has 0 atom stereocenters. The molecule has 0 aliphatic carbocycles. The zero-order chi connectivity index (χ0) is 18.5. The lowest BCUT2D eigenvalue weighted by Crippen LogP contribution is -2.18. The molecule has 0 unspecified atom stereocenters. The van der Waals surface area contributed by atoms with Gasteiger partial charge >= 0.3 is 5.97 Å². The Bertz CT molecular complexity index is 1080. The molecule has 0 amide bonds. The number of nitrogens with zero attached hydrogens (tertiary/aromatic N) is 1. The lowest BCUT2D eigenvalue weighted by atomic mass is 9.86. The first-order valence-corrected chi connectivity index (χ1v) is 8.53. The molecule has 2 aromatic carbocycles. The molecular formula is C19H17Cl2NO3. The van der Waals surface area contributed by atoms with Gasteiger partial charge in [-0.2, -0.15) is 0 Å². The Morgan fingerprint density at radius 1 is 1.12 bits per heavy atom. The Hall–Kier alpha value is -2.04. The largest absolute Gasteiger partial charge is 0.480 e. The first-order chi connectivity index (χ1) is 11.6. The van der Waals surface area contributed by atoms with Gasteiger partial charge in [0.25, 0.3) is 0 Å². The van der Waals surface area contributed by atoms with Crippen molar-refractivity contribution in [2.45, 2.75) is 32.7 Å². The molecule has 1 N–H and O–H groups in total. The van der Waals surface area contributed by atoms with Crippen LogP contribution >= 0.6 is 23.2 Å². The number of aliphatic carboxylic acids is 1. The van der Waals surface area contributed by atoms with Crippen molar-refractivity contribution in [2.24, 2.45) is 0 Å². The zero-order valence-electron chi connectivity index (χ0n) is 14.1. The minimum absolute atomic E-state index is 0.147. The number of pyridine rings is 1. The van der Waals surface area contributed by atoms with E-state index in [2.05, 4.69) is 20.8 Å². The van der Waals surface area contributed by atoms with Crippen LogP contribution in [0.25, 0.3) is 21.8 Å². The predicted octanol–water partition coefficient (Wildman–Crippen LogP) is 4.84. The maximum absolute atomic E-state index is 12.9. The number of carbonyl (C=O) groups is 1. The van der Waals surface area contributed by atoms with E-state index in [1.807, 2.05) is 12.1 Å². The van der Waals surface area contributed by atoms with Gasteiger partial charge in [-0.25, -0.2) is 0 Å². The van der Waals surface area contributed by atoms with Gasteiger partial charge in [-0.3, -0.25) is 9.59 Å². The number of hydrogen-bond acceptors (Lipinski definition) is 2. The number of hydrogen-bond donors (Lipinski definition) is 1. The molecule has 0 spiro atoms. The molecule has 0 fully saturated rings. The number of fused-ring (bicyclic) bond motifs is 2. The Labute approximate surface area is 154 Å². The lowest BCUT2D eigenvalue weighted by molar-refractivity contribution is -0.137. The molecule has 0 saturated carbocycles. The van der Waals surface area contributed by atoms with Crippen molar-refractivity contribution in [1.29, 1.82) is 0 Å². The highest BCUT2D eigenvalue weighted by molar-refractivity contribution is 6.45. The van der Waals surface area contributed by atoms with E-state index in [0.717, 1.165) is 5.56 Å². The molecule has 3 aromatic rings. The highest BCUT2D eigenvalue weighted by Crippen LogP contribution is 2.33. The van der Waals surface area contributed by atoms with Crippen molar-refractivity contribution in [3.05, 3.63) is 56.2 Å². The van der Waals surface area contributed by atoms with E-state index in [4.69, 9.17) is 23.2 Å². The Morgan fingerprint density at radius 3 is 2.36 bits per heavy atom. The molecule has 4 nitrogen and oxygen atoms in total. The number of carboxylic acids is 1. The summed E-state index contributed by atoms with van der Waals surface area (Å²) in [7, 11) is 0. The first kappa shape index (κ1) is 17.8. The van der Waals surface area contributed by atoms with Gasteiger partial charge in [-0.15, -0.1) is 0 Å². The van der Waals surface area contributed by atoms with Gasteiger partial charge < -0.3 is 9.67 Å². The van der Waals surface area contributed by atoms with Crippen LogP contribution < -0.4 is 5.43 Å². The Balaban J connectivity index is 2.58. The van der Waals surface area contributed by atoms with Gasteiger partial charge in [0.1, 0.15) is 6.54 Å². The van der Waals surface area contributed by atoms with E-state index in [1.165, 1.54) is 0 Å². The van der Waals surface area contributed by atoms with Gasteiger partial charge in [-0.05, 0) is 35.2 Å². The van der Waals surface area contributed by atoms with E-state index in [-0.39, 0.29) is 27.4 Å². The second kappa shape index (κ2) is 6.04. The second-order valence-corrected chi connectivity index (χ2v) is 7.83. The van der Waals surface area contributed by atoms with Gasteiger partial charge in [0.15, 0.2) is 5.43 Å². The number of rotatable bonds is 2. The van der Waals surface area contributed by atoms with E-state index >= 15 is 0 Å². The van der Waals surface area contributed by atoms with E-state index in [9.17, 15) is 14.7 Å². The summed E-state index contributed by atoms with van der Waals surface area (Å²) < 4.78 is 1.55. The highest BCUT2D eigenvalue weighted by atomic mass is 35.5. The average Bonchev–Trinajstić information content (AvgIpc) is 2.52. The maximum atomic E-state index is 12.9. The van der Waals surface area contributed by atoms with Crippen molar-refractivity contribution < 1.29 is 9.90 Å². The molecule has 25 heavy (non-hydrogen) atoms. The molecular weight excluding hydrogens is 361 g/mol. The molecule has 0 aliphatic rings. The molecule has 1 heterocycles. The predicted molar refractivity (Wildman–Crippen MR) is 102 cm³/mol. The smallest absolute Gasteiger partial charge is 0.323 e. The van der Waals surface area contributed by atoms with Crippen molar-refractivity contribution in [3.8, 4) is 0 Å². The van der Waals surface area contributed by atoms with Crippen LogP contribution in [-0.2, 0) is 16.8 Å². The number of carboxylic acid groups (broad SMARTS) is 1. The van der Waals surface area contributed by atoms with Crippen LogP contribution in [0.1, 0.15) is 26.3 Å². The van der Waals surface area contributed by atoms with Crippen molar-refractivity contribution in [1.82, 2.24) is 4.57 Å². The Kier molecular flexibility index (Phi) is 4.30. The van der Waals surface area contributed by atoms with Gasteiger partial charge in [0, 0.05) is 10.8 Å². The van der Waals surface area contributed by atoms with Crippen LogP contribution in [0.2, 0.25) is 10.0 Å². The zero-order valence-corrected chi connectivity index (χ0v) is 15.6. The highest BCUT2D eigenvalue weighted by Gasteiger charge is 2.20. The number of aromatic nitrogens is 1. The van der Waals surface area contributed by atoms with Gasteiger partial charge in [0.05, 0.1) is 21.1 Å². The van der Waals surface area contributed by atoms with E-state index in [1.54, 1.807) is 22.8 Å². The second-order valence-electron chi connectivity index (χ2n) is 7.05. The molecule has 130 valence electrons. The monoisotopic (exact) mass is 377 g/mol. The number of benzene rings is 2. The molecule has 0 saturated heterocycles. The summed E-state index contributed by atoms with van der Waals surface area (Å²) >= 11 is 12.4. The van der Waals surface area contributed by atoms with Crippen LogP contribution in [0.5, 0.6) is 0 Å². The topological polar surface area (TPSA) is 59.3 Å². The third-order valence-electron chi connectivity index (χ3n) is 4.28. The van der Waals surface area contributed by atoms with Crippen LogP contribution in [0.15, 0.2) is 35.1 Å². The molecule has 6 heteroatoms.